The quantitative estimate of drug-likeness (QED) is 0.0523. The van der Waals surface area contributed by atoms with Crippen molar-refractivity contribution in [1.82, 2.24) is 0 Å². The first kappa shape index (κ1) is 47.5. The van der Waals surface area contributed by atoms with Crippen molar-refractivity contribution in [3.05, 3.63) is 24.3 Å². The van der Waals surface area contributed by atoms with Gasteiger partial charge < -0.3 is 83.9 Å². The van der Waals surface area contributed by atoms with Crippen molar-refractivity contribution in [1.29, 1.82) is 0 Å². The molecule has 0 aromatic rings. The molecule has 19 heteroatoms. The van der Waals surface area contributed by atoms with Gasteiger partial charge in [-0.05, 0) is 66.2 Å². The Kier molecular flexibility index (Phi) is 16.6. The number of ether oxygens (including phenoxy) is 8. The molecule has 18 unspecified atom stereocenters. The molecule has 4 aliphatic rings. The van der Waals surface area contributed by atoms with Gasteiger partial charge in [0.05, 0.1) is 43.0 Å². The van der Waals surface area contributed by atoms with Crippen molar-refractivity contribution in [3.63, 3.8) is 0 Å². The third-order valence-electron chi connectivity index (χ3n) is 10.8. The number of hydrogen-bond acceptors (Lipinski definition) is 19. The summed E-state index contributed by atoms with van der Waals surface area (Å²) in [4.78, 5) is 26.3. The van der Waals surface area contributed by atoms with Crippen LogP contribution in [0.1, 0.15) is 67.2 Å². The maximum atomic E-state index is 13.3. The molecule has 4 fully saturated rings. The number of carbonyl (C=O) groups is 2. The molecule has 0 radical (unpaired) electrons. The lowest BCUT2D eigenvalue weighted by Crippen LogP contribution is -2.65. The number of allylic oxidation sites excluding steroid dienone is 1. The van der Waals surface area contributed by atoms with Gasteiger partial charge in [0.2, 0.25) is 6.29 Å². The molecular weight excluding hydrogens is 760 g/mol. The normalized spacial score (nSPS) is 41.8. The Hall–Kier alpha value is -2.18. The third-order valence-corrected chi connectivity index (χ3v) is 10.8. The number of rotatable bonds is 14. The Labute approximate surface area is 331 Å². The predicted molar refractivity (Wildman–Crippen MR) is 193 cm³/mol. The van der Waals surface area contributed by atoms with Crippen LogP contribution in [-0.2, 0) is 47.5 Å². The van der Waals surface area contributed by atoms with E-state index in [2.05, 4.69) is 6.58 Å². The summed E-state index contributed by atoms with van der Waals surface area (Å²) in [6, 6.07) is 0. The van der Waals surface area contributed by atoms with Gasteiger partial charge in [0.15, 0.2) is 24.8 Å². The maximum Gasteiger partial charge on any atom is 0.333 e. The average Bonchev–Trinajstić information content (AvgIpc) is 3.15. The zero-order valence-electron chi connectivity index (χ0n) is 33.2. The highest BCUT2D eigenvalue weighted by Gasteiger charge is 2.54. The van der Waals surface area contributed by atoms with Crippen molar-refractivity contribution in [3.8, 4) is 0 Å². The van der Waals surface area contributed by atoms with E-state index < -0.39 is 134 Å². The van der Waals surface area contributed by atoms with Gasteiger partial charge in [0.1, 0.15) is 54.9 Å². The van der Waals surface area contributed by atoms with Gasteiger partial charge in [-0.15, -0.1) is 6.58 Å². The summed E-state index contributed by atoms with van der Waals surface area (Å²) in [5.74, 6) is -1.92. The number of hydrogen-bond donors (Lipinski definition) is 9. The summed E-state index contributed by atoms with van der Waals surface area (Å²) in [7, 11) is 0. The van der Waals surface area contributed by atoms with E-state index in [9.17, 15) is 55.5 Å². The van der Waals surface area contributed by atoms with Crippen LogP contribution in [0.3, 0.4) is 0 Å². The molecule has 0 amide bonds. The van der Waals surface area contributed by atoms with E-state index in [4.69, 9.17) is 37.9 Å². The fourth-order valence-electron chi connectivity index (χ4n) is 6.75. The van der Waals surface area contributed by atoms with Crippen LogP contribution in [0.2, 0.25) is 0 Å². The van der Waals surface area contributed by atoms with Crippen LogP contribution in [0.25, 0.3) is 0 Å². The lowest BCUT2D eigenvalue weighted by atomic mass is 9.83. The molecule has 1 aliphatic carbocycles. The molecule has 0 bridgehead atoms. The summed E-state index contributed by atoms with van der Waals surface area (Å²) in [6.45, 7) is 11.3. The topological polar surface area (TPSA) is 290 Å². The molecule has 0 spiro atoms. The highest BCUT2D eigenvalue weighted by atomic mass is 16.8. The van der Waals surface area contributed by atoms with Gasteiger partial charge in [0.25, 0.3) is 0 Å². The number of esters is 2. The van der Waals surface area contributed by atoms with Crippen LogP contribution >= 0.6 is 0 Å². The van der Waals surface area contributed by atoms with Gasteiger partial charge in [-0.3, -0.25) is 4.79 Å². The van der Waals surface area contributed by atoms with E-state index in [1.807, 2.05) is 0 Å². The molecule has 4 rings (SSSR count). The summed E-state index contributed by atoms with van der Waals surface area (Å²) < 4.78 is 45.8. The second-order valence-electron chi connectivity index (χ2n) is 16.6. The summed E-state index contributed by atoms with van der Waals surface area (Å²) in [5.41, 5.74) is -2.20. The van der Waals surface area contributed by atoms with E-state index in [1.54, 1.807) is 34.6 Å². The molecule has 18 atom stereocenters. The first-order valence-electron chi connectivity index (χ1n) is 19.3. The monoisotopic (exact) mass is 822 g/mol. The Balaban J connectivity index is 1.49. The largest absolute Gasteiger partial charge is 0.453 e. The maximum absolute atomic E-state index is 13.3. The minimum absolute atomic E-state index is 0.0786. The Morgan fingerprint density at radius 2 is 1.39 bits per heavy atom. The number of carbonyl (C=O) groups excluding carboxylic acids is 2. The van der Waals surface area contributed by atoms with Crippen LogP contribution in [0, 0.1) is 11.3 Å². The minimum Gasteiger partial charge on any atom is -0.453 e. The Bertz CT molecular complexity index is 1370. The number of aliphatic hydroxyl groups excluding tert-OH is 8. The van der Waals surface area contributed by atoms with Crippen molar-refractivity contribution in [2.24, 2.45) is 11.3 Å². The first-order valence-corrected chi connectivity index (χ1v) is 19.3. The standard InChI is InChI=1S/C38H62O19/c1-8-38(7,49)13-9-10-18(3)32(47)55-30-26(44)21(14-39)53-35(57-36(48)37(4,5)6)31(30)56-33-27(45)25(43)22(16-51-33)54-34-28(46)29(19(40)15-50-34)52-20-12-11-17(2)23(41)24(20)42/h8,10,17,19-31,33-35,39-46,49H,1,9,11-16H2,2-7H3/b18-10+. The molecule has 0 aromatic heterocycles. The zero-order valence-corrected chi connectivity index (χ0v) is 33.2. The molecule has 57 heavy (non-hydrogen) atoms. The molecule has 328 valence electrons. The molecule has 3 aliphatic heterocycles. The minimum atomic E-state index is -1.93. The van der Waals surface area contributed by atoms with Crippen LogP contribution < -0.4 is 0 Å². The lowest BCUT2D eigenvalue weighted by Gasteiger charge is -2.46. The first-order chi connectivity index (χ1) is 26.6. The molecule has 9 N–H and O–H groups in total. The fourth-order valence-corrected chi connectivity index (χ4v) is 6.75. The zero-order chi connectivity index (χ0) is 42.6. The van der Waals surface area contributed by atoms with Gasteiger partial charge in [-0.25, -0.2) is 4.79 Å². The molecule has 1 saturated carbocycles. The molecule has 19 nitrogen and oxygen atoms in total. The van der Waals surface area contributed by atoms with Crippen molar-refractivity contribution >= 4 is 11.9 Å². The summed E-state index contributed by atoms with van der Waals surface area (Å²) >= 11 is 0. The second-order valence-corrected chi connectivity index (χ2v) is 16.6. The van der Waals surface area contributed by atoms with E-state index in [1.165, 1.54) is 19.1 Å². The highest BCUT2D eigenvalue weighted by Crippen LogP contribution is 2.34. The summed E-state index contributed by atoms with van der Waals surface area (Å²) in [6.07, 6.45) is -20.1. The van der Waals surface area contributed by atoms with E-state index in [-0.39, 0.29) is 30.9 Å². The SMILES string of the molecule is C=CC(C)(O)CC/C=C(\C)C(=O)OC1C(O)C(CO)OC(OC(=O)C(C)(C)C)C1OC1OCC(OC2OCC(O)C(OC3CCC(C)C(O)C3O)C2O)C(O)C1O. The number of aliphatic hydroxyl groups is 9. The van der Waals surface area contributed by atoms with Crippen LogP contribution in [0.4, 0.5) is 0 Å². The van der Waals surface area contributed by atoms with E-state index in [0.717, 1.165) is 0 Å². The molecule has 3 heterocycles. The molecular formula is C38H62O19. The van der Waals surface area contributed by atoms with E-state index in [0.29, 0.717) is 12.8 Å². The van der Waals surface area contributed by atoms with Gasteiger partial charge in [-0.2, -0.15) is 0 Å². The molecule has 3 saturated heterocycles. The van der Waals surface area contributed by atoms with Crippen molar-refractivity contribution in [2.75, 3.05) is 19.8 Å². The van der Waals surface area contributed by atoms with Crippen molar-refractivity contribution in [2.45, 2.75) is 171 Å². The van der Waals surface area contributed by atoms with Gasteiger partial charge in [-0.1, -0.05) is 19.1 Å². The lowest BCUT2D eigenvalue weighted by molar-refractivity contribution is -0.365. The smallest absolute Gasteiger partial charge is 0.333 e. The second kappa shape index (κ2) is 19.9. The van der Waals surface area contributed by atoms with E-state index >= 15 is 0 Å². The Morgan fingerprint density at radius 3 is 2.02 bits per heavy atom. The fraction of sp³-hybridized carbons (Fsp3) is 0.842. The average molecular weight is 823 g/mol. The summed E-state index contributed by atoms with van der Waals surface area (Å²) in [5, 5.41) is 96.4. The van der Waals surface area contributed by atoms with Gasteiger partial charge >= 0.3 is 11.9 Å². The predicted octanol–water partition coefficient (Wildman–Crippen LogP) is -1.94. The van der Waals surface area contributed by atoms with Crippen LogP contribution in [-0.4, -0.2) is 182 Å². The van der Waals surface area contributed by atoms with Crippen LogP contribution in [0.5, 0.6) is 0 Å². The van der Waals surface area contributed by atoms with Crippen LogP contribution in [0.15, 0.2) is 24.3 Å². The van der Waals surface area contributed by atoms with Gasteiger partial charge in [0, 0.05) is 5.57 Å². The highest BCUT2D eigenvalue weighted by molar-refractivity contribution is 5.87. The van der Waals surface area contributed by atoms with Crippen molar-refractivity contribution < 1.29 is 93.4 Å². The Morgan fingerprint density at radius 1 is 0.754 bits per heavy atom. The molecule has 0 aromatic carbocycles. The third kappa shape index (κ3) is 11.8.